The number of carbonyl (C=O) groups excluding carboxylic acids is 2. The molecule has 0 spiro atoms. The molecule has 4 rings (SSSR count). The fraction of sp³-hybridized carbons (Fsp3) is 0.731. The number of thiophene rings is 1. The molecule has 3 aliphatic rings. The average Bonchev–Trinajstić information content (AvgIpc) is 3.55. The predicted molar refractivity (Wildman–Crippen MR) is 134 cm³/mol. The van der Waals surface area contributed by atoms with Crippen molar-refractivity contribution >= 4 is 35.0 Å². The first-order valence-corrected chi connectivity index (χ1v) is 13.6. The molecule has 1 aromatic heterocycles. The van der Waals surface area contributed by atoms with Crippen LogP contribution in [0.5, 0.6) is 0 Å². The van der Waals surface area contributed by atoms with Gasteiger partial charge < -0.3 is 24.4 Å². The third-order valence-corrected chi connectivity index (χ3v) is 8.99. The summed E-state index contributed by atoms with van der Waals surface area (Å²) < 4.78 is 10.9. The van der Waals surface area contributed by atoms with Gasteiger partial charge >= 0.3 is 12.1 Å². The lowest BCUT2D eigenvalue weighted by molar-refractivity contribution is -0.124. The summed E-state index contributed by atoms with van der Waals surface area (Å²) in [6.07, 6.45) is 4.30. The number of rotatable bonds is 5. The average molecular weight is 507 g/mol. The number of anilines is 1. The highest BCUT2D eigenvalue weighted by Crippen LogP contribution is 2.41. The molecule has 1 N–H and O–H groups in total. The Kier molecular flexibility index (Phi) is 7.76. The molecule has 0 aromatic carbocycles. The molecule has 35 heavy (non-hydrogen) atoms. The Morgan fingerprint density at radius 2 is 1.86 bits per heavy atom. The number of carbonyl (C=O) groups is 3. The smallest absolute Gasteiger partial charge is 0.410 e. The Morgan fingerprint density at radius 3 is 2.46 bits per heavy atom. The van der Waals surface area contributed by atoms with Gasteiger partial charge in [0.05, 0.1) is 24.9 Å². The minimum Gasteiger partial charge on any atom is -0.477 e. The molecule has 3 fully saturated rings. The zero-order valence-corrected chi connectivity index (χ0v) is 22.1. The van der Waals surface area contributed by atoms with Crippen molar-refractivity contribution in [1.29, 1.82) is 0 Å². The maximum Gasteiger partial charge on any atom is 0.410 e. The Balaban J connectivity index is 1.61. The first-order valence-electron chi connectivity index (χ1n) is 12.8. The van der Waals surface area contributed by atoms with E-state index in [2.05, 4.69) is 6.92 Å². The number of nitrogens with zero attached hydrogens (tertiary/aromatic N) is 2. The zero-order valence-electron chi connectivity index (χ0n) is 21.2. The number of ether oxygens (including phenoxy) is 2. The summed E-state index contributed by atoms with van der Waals surface area (Å²) in [5, 5.41) is 10.0. The topological polar surface area (TPSA) is 96.4 Å². The van der Waals surface area contributed by atoms with Crippen molar-refractivity contribution in [2.24, 2.45) is 11.8 Å². The van der Waals surface area contributed by atoms with E-state index >= 15 is 0 Å². The zero-order chi connectivity index (χ0) is 25.3. The van der Waals surface area contributed by atoms with Crippen LogP contribution < -0.4 is 4.90 Å². The lowest BCUT2D eigenvalue weighted by Crippen LogP contribution is -2.47. The van der Waals surface area contributed by atoms with Crippen molar-refractivity contribution in [3.8, 4) is 0 Å². The van der Waals surface area contributed by atoms with Gasteiger partial charge in [-0.2, -0.15) is 0 Å². The van der Waals surface area contributed by atoms with E-state index in [4.69, 9.17) is 9.47 Å². The molecule has 2 atom stereocenters. The Bertz CT molecular complexity index is 940. The second kappa shape index (κ2) is 10.5. The first kappa shape index (κ1) is 25.9. The summed E-state index contributed by atoms with van der Waals surface area (Å²) in [4.78, 5) is 43.5. The second-order valence-electron chi connectivity index (χ2n) is 11.3. The lowest BCUT2D eigenvalue weighted by Gasteiger charge is -2.34. The molecule has 2 saturated heterocycles. The summed E-state index contributed by atoms with van der Waals surface area (Å²) in [6, 6.07) is 1.60. The van der Waals surface area contributed by atoms with Crippen LogP contribution in [0, 0.1) is 11.8 Å². The molecule has 2 amide bonds. The number of carboxylic acid groups (broad SMARTS) is 1. The standard InChI is InChI=1S/C26H38N2O6S/c1-16-5-7-17(8-6-16)23(29)28(20-13-21(26(2,3)4)35-22(20)24(30)31)18-9-11-27(14-18)25(32)34-19-10-12-33-15-19/h13,16-19H,5-12,14-15H2,1-4H3,(H,30,31)/t16-,17-,18-,19+/m0/s1. The quantitative estimate of drug-likeness (QED) is 0.610. The fourth-order valence-corrected chi connectivity index (χ4v) is 6.27. The lowest BCUT2D eigenvalue weighted by atomic mass is 9.82. The SMILES string of the molecule is CC(C)(C)c1cc(N(C(=O)[C@H]2CC[C@H](C)CC2)[C@H]2CCN(C(=O)O[C@@H]3CCOC3)C2)c(C(=O)O)s1. The van der Waals surface area contributed by atoms with Gasteiger partial charge in [-0.1, -0.05) is 27.7 Å². The normalized spacial score (nSPS) is 27.1. The van der Waals surface area contributed by atoms with Crippen LogP contribution in [0.3, 0.4) is 0 Å². The summed E-state index contributed by atoms with van der Waals surface area (Å²) in [5.41, 5.74) is 0.234. The van der Waals surface area contributed by atoms with Gasteiger partial charge in [0.2, 0.25) is 5.91 Å². The summed E-state index contributed by atoms with van der Waals surface area (Å²) >= 11 is 1.24. The van der Waals surface area contributed by atoms with Crippen molar-refractivity contribution in [3.63, 3.8) is 0 Å². The number of likely N-dealkylation sites (tertiary alicyclic amines) is 1. The van der Waals surface area contributed by atoms with Crippen LogP contribution in [0.15, 0.2) is 6.07 Å². The van der Waals surface area contributed by atoms with Gasteiger partial charge in [-0.25, -0.2) is 9.59 Å². The van der Waals surface area contributed by atoms with E-state index in [9.17, 15) is 19.5 Å². The number of amides is 2. The number of carboxylic acids is 1. The largest absolute Gasteiger partial charge is 0.477 e. The Morgan fingerprint density at radius 1 is 1.14 bits per heavy atom. The Hall–Kier alpha value is -2.13. The van der Waals surface area contributed by atoms with E-state index in [0.717, 1.165) is 30.6 Å². The van der Waals surface area contributed by atoms with Crippen molar-refractivity contribution in [2.45, 2.75) is 83.8 Å². The molecule has 9 heteroatoms. The van der Waals surface area contributed by atoms with E-state index in [0.29, 0.717) is 50.8 Å². The maximum absolute atomic E-state index is 14.0. The van der Waals surface area contributed by atoms with Crippen molar-refractivity contribution in [2.75, 3.05) is 31.2 Å². The summed E-state index contributed by atoms with van der Waals surface area (Å²) in [5.74, 6) is -0.553. The van der Waals surface area contributed by atoms with E-state index in [1.807, 2.05) is 26.8 Å². The van der Waals surface area contributed by atoms with Crippen LogP contribution in [0.2, 0.25) is 0 Å². The molecule has 1 aliphatic carbocycles. The van der Waals surface area contributed by atoms with Crippen LogP contribution in [0.4, 0.5) is 10.5 Å². The van der Waals surface area contributed by atoms with Gasteiger partial charge in [-0.15, -0.1) is 11.3 Å². The van der Waals surface area contributed by atoms with Crippen LogP contribution in [0.25, 0.3) is 0 Å². The monoisotopic (exact) mass is 506 g/mol. The van der Waals surface area contributed by atoms with E-state index in [1.165, 1.54) is 11.3 Å². The number of aromatic carboxylic acids is 1. The molecule has 0 bridgehead atoms. The Labute approximate surface area is 211 Å². The summed E-state index contributed by atoms with van der Waals surface area (Å²) in [6.45, 7) is 10.2. The third kappa shape index (κ3) is 5.82. The second-order valence-corrected chi connectivity index (χ2v) is 12.4. The predicted octanol–water partition coefficient (Wildman–Crippen LogP) is 4.90. The van der Waals surface area contributed by atoms with E-state index in [-0.39, 0.29) is 40.4 Å². The van der Waals surface area contributed by atoms with Crippen molar-refractivity contribution in [3.05, 3.63) is 15.8 Å². The van der Waals surface area contributed by atoms with E-state index in [1.54, 1.807) is 9.80 Å². The molecular weight excluding hydrogens is 468 g/mol. The van der Waals surface area contributed by atoms with Gasteiger partial charge in [0.1, 0.15) is 11.0 Å². The fourth-order valence-electron chi connectivity index (χ4n) is 5.22. The van der Waals surface area contributed by atoms with Gasteiger partial charge in [0.15, 0.2) is 0 Å². The van der Waals surface area contributed by atoms with Crippen molar-refractivity contribution < 1.29 is 29.0 Å². The van der Waals surface area contributed by atoms with Gasteiger partial charge in [-0.3, -0.25) is 4.79 Å². The molecular formula is C26H38N2O6S. The van der Waals surface area contributed by atoms with Crippen molar-refractivity contribution in [1.82, 2.24) is 4.90 Å². The van der Waals surface area contributed by atoms with Crippen LogP contribution in [0.1, 0.15) is 80.8 Å². The van der Waals surface area contributed by atoms with Gasteiger partial charge in [0, 0.05) is 30.3 Å². The molecule has 194 valence electrons. The van der Waals surface area contributed by atoms with Crippen LogP contribution in [-0.2, 0) is 19.7 Å². The number of hydrogen-bond donors (Lipinski definition) is 1. The van der Waals surface area contributed by atoms with Crippen LogP contribution in [-0.4, -0.2) is 66.4 Å². The molecule has 2 aliphatic heterocycles. The third-order valence-electron chi connectivity index (χ3n) is 7.45. The number of hydrogen-bond acceptors (Lipinski definition) is 6. The minimum absolute atomic E-state index is 0.0120. The molecule has 0 radical (unpaired) electrons. The molecule has 1 aromatic rings. The highest BCUT2D eigenvalue weighted by atomic mass is 32.1. The molecule has 0 unspecified atom stereocenters. The molecule has 3 heterocycles. The minimum atomic E-state index is -1.02. The summed E-state index contributed by atoms with van der Waals surface area (Å²) in [7, 11) is 0. The highest BCUT2D eigenvalue weighted by molar-refractivity contribution is 7.14. The van der Waals surface area contributed by atoms with E-state index < -0.39 is 5.97 Å². The molecule has 8 nitrogen and oxygen atoms in total. The highest BCUT2D eigenvalue weighted by Gasteiger charge is 2.41. The molecule has 1 saturated carbocycles. The van der Waals surface area contributed by atoms with Crippen LogP contribution >= 0.6 is 11.3 Å². The van der Waals surface area contributed by atoms with Gasteiger partial charge in [0.25, 0.3) is 0 Å². The first-order chi connectivity index (χ1) is 16.5. The maximum atomic E-state index is 14.0. The van der Waals surface area contributed by atoms with Gasteiger partial charge in [-0.05, 0) is 49.5 Å².